The van der Waals surface area contributed by atoms with Crippen LogP contribution in [0.5, 0.6) is 11.5 Å². The third kappa shape index (κ3) is 4.09. The number of halogens is 2. The lowest BCUT2D eigenvalue weighted by Gasteiger charge is -2.09. The first kappa shape index (κ1) is 19.0. The summed E-state index contributed by atoms with van der Waals surface area (Å²) < 4.78 is 26.6. The molecule has 4 rings (SSSR count). The summed E-state index contributed by atoms with van der Waals surface area (Å²) in [5.41, 5.74) is 1.77. The molecule has 8 heteroatoms. The number of benzene rings is 2. The summed E-state index contributed by atoms with van der Waals surface area (Å²) in [6.45, 7) is 2.12. The molecular formula is C21H17ClFN3O3. The van der Waals surface area contributed by atoms with Crippen LogP contribution < -0.4 is 14.8 Å². The van der Waals surface area contributed by atoms with Crippen molar-refractivity contribution in [1.82, 2.24) is 14.9 Å². The maximum absolute atomic E-state index is 14.4. The van der Waals surface area contributed by atoms with Gasteiger partial charge in [0.1, 0.15) is 11.6 Å². The fraction of sp³-hybridized carbons (Fsp3) is 0.143. The standard InChI is InChI=1S/C21H17ClFN3O3/c1-13-24-6-7-26(13)18-4-2-15(9-17(18)23)11-25-20(27)5-3-14-8-16(22)21-19(10-14)28-12-29-21/h2-10H,11-12H2,1H3,(H,25,27). The van der Waals surface area contributed by atoms with Gasteiger partial charge in [0.25, 0.3) is 0 Å². The lowest BCUT2D eigenvalue weighted by atomic mass is 10.1. The summed E-state index contributed by atoms with van der Waals surface area (Å²) in [7, 11) is 0. The number of ether oxygens (including phenoxy) is 2. The van der Waals surface area contributed by atoms with Crippen LogP contribution in [0.4, 0.5) is 4.39 Å². The van der Waals surface area contributed by atoms with Crippen molar-refractivity contribution in [2.24, 2.45) is 0 Å². The van der Waals surface area contributed by atoms with Crippen LogP contribution in [-0.2, 0) is 11.3 Å². The highest BCUT2D eigenvalue weighted by Gasteiger charge is 2.17. The molecule has 3 aromatic rings. The van der Waals surface area contributed by atoms with E-state index in [-0.39, 0.29) is 25.1 Å². The maximum atomic E-state index is 14.4. The highest BCUT2D eigenvalue weighted by Crippen LogP contribution is 2.40. The second-order valence-electron chi connectivity index (χ2n) is 6.42. The van der Waals surface area contributed by atoms with Crippen LogP contribution in [0.2, 0.25) is 5.02 Å². The van der Waals surface area contributed by atoms with Crippen LogP contribution in [0.25, 0.3) is 11.8 Å². The number of fused-ring (bicyclic) bond motifs is 1. The molecule has 0 radical (unpaired) electrons. The smallest absolute Gasteiger partial charge is 0.244 e. The first-order valence-corrected chi connectivity index (χ1v) is 9.23. The van der Waals surface area contributed by atoms with Crippen LogP contribution in [0.15, 0.2) is 48.8 Å². The van der Waals surface area contributed by atoms with Gasteiger partial charge in [0, 0.05) is 25.0 Å². The van der Waals surface area contributed by atoms with Crippen molar-refractivity contribution < 1.29 is 18.7 Å². The van der Waals surface area contributed by atoms with Crippen LogP contribution in [0.3, 0.4) is 0 Å². The number of carbonyl (C=O) groups is 1. The number of hydrogen-bond acceptors (Lipinski definition) is 4. The van der Waals surface area contributed by atoms with Gasteiger partial charge in [-0.15, -0.1) is 0 Å². The Bertz CT molecular complexity index is 1110. The summed E-state index contributed by atoms with van der Waals surface area (Å²) in [6, 6.07) is 8.25. The van der Waals surface area contributed by atoms with E-state index in [9.17, 15) is 9.18 Å². The molecule has 2 heterocycles. The van der Waals surface area contributed by atoms with Gasteiger partial charge in [0.2, 0.25) is 12.7 Å². The minimum Gasteiger partial charge on any atom is -0.454 e. The van der Waals surface area contributed by atoms with Crippen molar-refractivity contribution in [3.8, 4) is 17.2 Å². The molecule has 1 aliphatic heterocycles. The van der Waals surface area contributed by atoms with E-state index in [0.717, 1.165) is 0 Å². The fourth-order valence-electron chi connectivity index (χ4n) is 2.99. The fourth-order valence-corrected chi connectivity index (χ4v) is 3.27. The Morgan fingerprint density at radius 3 is 2.97 bits per heavy atom. The molecular weight excluding hydrogens is 397 g/mol. The van der Waals surface area contributed by atoms with Gasteiger partial charge in [0.15, 0.2) is 11.5 Å². The SMILES string of the molecule is Cc1nccn1-c1ccc(CNC(=O)C=Cc2cc(Cl)c3c(c2)OCO3)cc1F. The average molecular weight is 414 g/mol. The summed E-state index contributed by atoms with van der Waals surface area (Å²) in [5, 5.41) is 3.15. The van der Waals surface area contributed by atoms with Crippen molar-refractivity contribution in [2.45, 2.75) is 13.5 Å². The van der Waals surface area contributed by atoms with Gasteiger partial charge in [-0.25, -0.2) is 9.37 Å². The molecule has 0 saturated carbocycles. The largest absolute Gasteiger partial charge is 0.454 e. The molecule has 0 aliphatic carbocycles. The number of imidazole rings is 1. The molecule has 2 aromatic carbocycles. The Balaban J connectivity index is 1.39. The molecule has 1 N–H and O–H groups in total. The normalized spacial score (nSPS) is 12.5. The van der Waals surface area contributed by atoms with Gasteiger partial charge < -0.3 is 19.4 Å². The van der Waals surface area contributed by atoms with Gasteiger partial charge in [-0.3, -0.25) is 4.79 Å². The summed E-state index contributed by atoms with van der Waals surface area (Å²) >= 11 is 6.13. The van der Waals surface area contributed by atoms with E-state index in [1.165, 1.54) is 12.1 Å². The summed E-state index contributed by atoms with van der Waals surface area (Å²) in [6.07, 6.45) is 6.31. The predicted molar refractivity (Wildman–Crippen MR) is 107 cm³/mol. The van der Waals surface area contributed by atoms with Crippen molar-refractivity contribution in [2.75, 3.05) is 6.79 Å². The topological polar surface area (TPSA) is 65.4 Å². The molecule has 0 unspecified atom stereocenters. The van der Waals surface area contributed by atoms with Gasteiger partial charge in [0.05, 0.1) is 10.7 Å². The first-order chi connectivity index (χ1) is 14.0. The second kappa shape index (κ2) is 7.97. The number of amides is 1. The lowest BCUT2D eigenvalue weighted by molar-refractivity contribution is -0.116. The van der Waals surface area contributed by atoms with E-state index in [1.54, 1.807) is 54.2 Å². The van der Waals surface area contributed by atoms with Crippen LogP contribution in [0, 0.1) is 12.7 Å². The highest BCUT2D eigenvalue weighted by atomic mass is 35.5. The number of carbonyl (C=O) groups excluding carboxylic acids is 1. The Labute approximate surface area is 171 Å². The molecule has 1 aromatic heterocycles. The number of aryl methyl sites for hydroxylation is 1. The molecule has 148 valence electrons. The molecule has 6 nitrogen and oxygen atoms in total. The number of rotatable bonds is 5. The molecule has 0 spiro atoms. The van der Waals surface area contributed by atoms with E-state index >= 15 is 0 Å². The Morgan fingerprint density at radius 1 is 1.34 bits per heavy atom. The molecule has 0 bridgehead atoms. The third-order valence-corrected chi connectivity index (χ3v) is 4.72. The van der Waals surface area contributed by atoms with Gasteiger partial charge in [-0.05, 0) is 48.4 Å². The second-order valence-corrected chi connectivity index (χ2v) is 6.83. The van der Waals surface area contributed by atoms with E-state index in [1.807, 2.05) is 0 Å². The van der Waals surface area contributed by atoms with Crippen molar-refractivity contribution in [1.29, 1.82) is 0 Å². The zero-order valence-electron chi connectivity index (χ0n) is 15.5. The van der Waals surface area contributed by atoms with Gasteiger partial charge in [-0.2, -0.15) is 0 Å². The highest BCUT2D eigenvalue weighted by molar-refractivity contribution is 6.32. The van der Waals surface area contributed by atoms with Crippen molar-refractivity contribution >= 4 is 23.6 Å². The van der Waals surface area contributed by atoms with Gasteiger partial charge in [-0.1, -0.05) is 17.7 Å². The maximum Gasteiger partial charge on any atom is 0.244 e. The number of nitrogens with one attached hydrogen (secondary N) is 1. The lowest BCUT2D eigenvalue weighted by Crippen LogP contribution is -2.20. The first-order valence-electron chi connectivity index (χ1n) is 8.85. The summed E-state index contributed by atoms with van der Waals surface area (Å²) in [5.74, 6) is 1.04. The number of aromatic nitrogens is 2. The van der Waals surface area contributed by atoms with E-state index in [0.29, 0.717) is 39.2 Å². The number of hydrogen-bond donors (Lipinski definition) is 1. The number of nitrogens with zero attached hydrogens (tertiary/aromatic N) is 2. The van der Waals surface area contributed by atoms with Crippen molar-refractivity contribution in [3.63, 3.8) is 0 Å². The molecule has 1 amide bonds. The molecule has 0 saturated heterocycles. The Kier molecular flexibility index (Phi) is 5.22. The van der Waals surface area contributed by atoms with Crippen molar-refractivity contribution in [3.05, 3.63) is 76.6 Å². The van der Waals surface area contributed by atoms with E-state index in [4.69, 9.17) is 21.1 Å². The Morgan fingerprint density at radius 2 is 2.21 bits per heavy atom. The van der Waals surface area contributed by atoms with Crippen LogP contribution in [0.1, 0.15) is 17.0 Å². The monoisotopic (exact) mass is 413 g/mol. The third-order valence-electron chi connectivity index (χ3n) is 4.44. The minimum absolute atomic E-state index is 0.123. The van der Waals surface area contributed by atoms with Crippen LogP contribution in [-0.4, -0.2) is 22.3 Å². The Hall–Kier alpha value is -3.32. The minimum atomic E-state index is -0.386. The zero-order chi connectivity index (χ0) is 20.4. The zero-order valence-corrected chi connectivity index (χ0v) is 16.2. The van der Waals surface area contributed by atoms with Gasteiger partial charge >= 0.3 is 0 Å². The molecule has 29 heavy (non-hydrogen) atoms. The van der Waals surface area contributed by atoms with Crippen LogP contribution >= 0.6 is 11.6 Å². The average Bonchev–Trinajstić information content (AvgIpc) is 3.34. The summed E-state index contributed by atoms with van der Waals surface area (Å²) in [4.78, 5) is 16.2. The van der Waals surface area contributed by atoms with E-state index in [2.05, 4.69) is 10.3 Å². The molecule has 1 aliphatic rings. The molecule has 0 fully saturated rings. The molecule has 0 atom stereocenters. The predicted octanol–water partition coefficient (Wildman–Crippen LogP) is 4.03. The van der Waals surface area contributed by atoms with E-state index < -0.39 is 0 Å². The quantitative estimate of drug-likeness (QED) is 0.641.